The lowest BCUT2D eigenvalue weighted by Crippen LogP contribution is -2.14. The van der Waals surface area contributed by atoms with Gasteiger partial charge >= 0.3 is 0 Å². The van der Waals surface area contributed by atoms with Crippen LogP contribution in [0.25, 0.3) is 11.3 Å². The summed E-state index contributed by atoms with van der Waals surface area (Å²) < 4.78 is 18.5. The summed E-state index contributed by atoms with van der Waals surface area (Å²) in [4.78, 5) is 16.1. The van der Waals surface area contributed by atoms with Gasteiger partial charge in [0.2, 0.25) is 5.91 Å². The van der Waals surface area contributed by atoms with Crippen molar-refractivity contribution >= 4 is 23.4 Å². The van der Waals surface area contributed by atoms with Gasteiger partial charge in [-0.05, 0) is 42.5 Å². The first-order valence-corrected chi connectivity index (χ1v) is 8.27. The first-order chi connectivity index (χ1) is 12.1. The molecule has 2 aromatic carbocycles. The lowest BCUT2D eigenvalue weighted by atomic mass is 10.2. The fourth-order valence-corrected chi connectivity index (χ4v) is 2.67. The van der Waals surface area contributed by atoms with Gasteiger partial charge in [-0.25, -0.2) is 9.37 Å². The standard InChI is InChI=1S/C18H12FN3O2S/c19-14-6-4-13(5-7-14)16-10-21-18(24-16)25-11-17(23)22-15-3-1-2-12(8-15)9-20/h1-8,10H,11H2,(H,22,23). The second-order valence-electron chi connectivity index (χ2n) is 5.03. The maximum absolute atomic E-state index is 12.9. The van der Waals surface area contributed by atoms with Crippen molar-refractivity contribution in [2.45, 2.75) is 5.22 Å². The summed E-state index contributed by atoms with van der Waals surface area (Å²) in [5, 5.41) is 11.9. The fraction of sp³-hybridized carbons (Fsp3) is 0.0556. The van der Waals surface area contributed by atoms with Crippen LogP contribution in [0.2, 0.25) is 0 Å². The number of hydrogen-bond donors (Lipinski definition) is 1. The van der Waals surface area contributed by atoms with E-state index >= 15 is 0 Å². The van der Waals surface area contributed by atoms with Crippen LogP contribution in [0.3, 0.4) is 0 Å². The Balaban J connectivity index is 1.57. The van der Waals surface area contributed by atoms with Crippen LogP contribution in [-0.2, 0) is 4.79 Å². The maximum atomic E-state index is 12.9. The van der Waals surface area contributed by atoms with Crippen molar-refractivity contribution in [1.82, 2.24) is 4.98 Å². The number of rotatable bonds is 5. The van der Waals surface area contributed by atoms with Crippen LogP contribution in [0.1, 0.15) is 5.56 Å². The molecule has 1 heterocycles. The molecule has 0 saturated carbocycles. The topological polar surface area (TPSA) is 78.9 Å². The lowest BCUT2D eigenvalue weighted by molar-refractivity contribution is -0.113. The molecule has 25 heavy (non-hydrogen) atoms. The van der Waals surface area contributed by atoms with E-state index in [1.807, 2.05) is 6.07 Å². The second-order valence-corrected chi connectivity index (χ2v) is 5.95. The molecule has 1 amide bonds. The molecule has 0 aliphatic carbocycles. The number of nitrogens with zero attached hydrogens (tertiary/aromatic N) is 2. The van der Waals surface area contributed by atoms with Gasteiger partial charge in [0, 0.05) is 11.3 Å². The Labute approximate surface area is 147 Å². The molecule has 5 nitrogen and oxygen atoms in total. The minimum Gasteiger partial charge on any atom is -0.431 e. The van der Waals surface area contributed by atoms with Gasteiger partial charge in [-0.3, -0.25) is 4.79 Å². The monoisotopic (exact) mass is 353 g/mol. The molecule has 0 aliphatic heterocycles. The molecule has 0 bridgehead atoms. The van der Waals surface area contributed by atoms with Crippen molar-refractivity contribution in [3.05, 3.63) is 66.1 Å². The number of thioether (sulfide) groups is 1. The molecule has 1 N–H and O–H groups in total. The van der Waals surface area contributed by atoms with E-state index in [2.05, 4.69) is 10.3 Å². The Kier molecular flexibility index (Phi) is 5.11. The molecule has 0 radical (unpaired) electrons. The summed E-state index contributed by atoms with van der Waals surface area (Å²) in [6.07, 6.45) is 1.53. The fourth-order valence-electron chi connectivity index (χ4n) is 2.06. The number of carbonyl (C=O) groups is 1. The van der Waals surface area contributed by atoms with Gasteiger partial charge < -0.3 is 9.73 Å². The van der Waals surface area contributed by atoms with Gasteiger partial charge in [-0.15, -0.1) is 0 Å². The van der Waals surface area contributed by atoms with Gasteiger partial charge in [0.25, 0.3) is 5.22 Å². The zero-order chi connectivity index (χ0) is 17.6. The number of hydrogen-bond acceptors (Lipinski definition) is 5. The van der Waals surface area contributed by atoms with Crippen LogP contribution >= 0.6 is 11.8 Å². The molecule has 7 heteroatoms. The molecular formula is C18H12FN3O2S. The molecule has 0 saturated heterocycles. The summed E-state index contributed by atoms with van der Waals surface area (Å²) in [5.41, 5.74) is 1.74. The van der Waals surface area contributed by atoms with Gasteiger partial charge in [-0.2, -0.15) is 5.26 Å². The summed E-state index contributed by atoms with van der Waals surface area (Å²) in [7, 11) is 0. The highest BCUT2D eigenvalue weighted by Crippen LogP contribution is 2.25. The Hall–Kier alpha value is -3.11. The second kappa shape index (κ2) is 7.64. The summed E-state index contributed by atoms with van der Waals surface area (Å²) in [5.74, 6) is 0.0569. The SMILES string of the molecule is N#Cc1cccc(NC(=O)CSc2ncc(-c3ccc(F)cc3)o2)c1. The quantitative estimate of drug-likeness (QED) is 0.699. The highest BCUT2D eigenvalue weighted by molar-refractivity contribution is 7.99. The lowest BCUT2D eigenvalue weighted by Gasteiger charge is -2.04. The molecule has 0 aliphatic rings. The van der Waals surface area contributed by atoms with Crippen LogP contribution in [0, 0.1) is 17.1 Å². The molecular weight excluding hydrogens is 341 g/mol. The number of nitriles is 1. The Bertz CT molecular complexity index is 932. The number of amides is 1. The van der Waals surface area contributed by atoms with Crippen molar-refractivity contribution in [3.63, 3.8) is 0 Å². The maximum Gasteiger partial charge on any atom is 0.256 e. The number of carbonyl (C=O) groups excluding carboxylic acids is 1. The zero-order valence-electron chi connectivity index (χ0n) is 12.9. The van der Waals surface area contributed by atoms with E-state index in [0.29, 0.717) is 27.8 Å². The van der Waals surface area contributed by atoms with E-state index in [0.717, 1.165) is 11.8 Å². The minimum atomic E-state index is -0.324. The van der Waals surface area contributed by atoms with Gasteiger partial charge in [0.15, 0.2) is 5.76 Å². The summed E-state index contributed by atoms with van der Waals surface area (Å²) in [6, 6.07) is 14.6. The molecule has 1 aromatic heterocycles. The van der Waals surface area contributed by atoms with Crippen molar-refractivity contribution in [2.75, 3.05) is 11.1 Å². The van der Waals surface area contributed by atoms with Crippen molar-refractivity contribution in [3.8, 4) is 17.4 Å². The molecule has 124 valence electrons. The van der Waals surface area contributed by atoms with Crippen LogP contribution in [0.4, 0.5) is 10.1 Å². The summed E-state index contributed by atoms with van der Waals surface area (Å²) >= 11 is 1.15. The Morgan fingerprint density at radius 3 is 2.84 bits per heavy atom. The predicted molar refractivity (Wildman–Crippen MR) is 92.4 cm³/mol. The number of oxazole rings is 1. The molecule has 3 aromatic rings. The number of halogens is 1. The first kappa shape index (κ1) is 16.7. The molecule has 0 fully saturated rings. The van der Waals surface area contributed by atoms with Crippen LogP contribution in [0.5, 0.6) is 0 Å². The number of nitrogens with one attached hydrogen (secondary N) is 1. The van der Waals surface area contributed by atoms with Crippen LogP contribution in [-0.4, -0.2) is 16.6 Å². The van der Waals surface area contributed by atoms with Crippen molar-refractivity contribution in [1.29, 1.82) is 5.26 Å². The van der Waals surface area contributed by atoms with E-state index < -0.39 is 0 Å². The van der Waals surface area contributed by atoms with E-state index in [1.54, 1.807) is 36.4 Å². The highest BCUT2D eigenvalue weighted by atomic mass is 32.2. The average molecular weight is 353 g/mol. The molecule has 3 rings (SSSR count). The summed E-state index contributed by atoms with van der Waals surface area (Å²) in [6.45, 7) is 0. The third-order valence-electron chi connectivity index (χ3n) is 3.22. The third kappa shape index (κ3) is 4.46. The Morgan fingerprint density at radius 2 is 2.08 bits per heavy atom. The number of benzene rings is 2. The highest BCUT2D eigenvalue weighted by Gasteiger charge is 2.10. The molecule has 0 atom stereocenters. The van der Waals surface area contributed by atoms with Crippen molar-refractivity contribution in [2.24, 2.45) is 0 Å². The number of aromatic nitrogens is 1. The smallest absolute Gasteiger partial charge is 0.256 e. The predicted octanol–water partition coefficient (Wildman–Crippen LogP) is 4.08. The van der Waals surface area contributed by atoms with Gasteiger partial charge in [0.05, 0.1) is 23.6 Å². The average Bonchev–Trinajstić information content (AvgIpc) is 3.10. The van der Waals surface area contributed by atoms with E-state index in [-0.39, 0.29) is 17.5 Å². The largest absolute Gasteiger partial charge is 0.431 e. The van der Waals surface area contributed by atoms with Crippen LogP contribution < -0.4 is 5.32 Å². The third-order valence-corrected chi connectivity index (χ3v) is 4.06. The number of anilines is 1. The van der Waals surface area contributed by atoms with Gasteiger partial charge in [0.1, 0.15) is 5.82 Å². The normalized spacial score (nSPS) is 10.2. The molecule has 0 unspecified atom stereocenters. The zero-order valence-corrected chi connectivity index (χ0v) is 13.7. The van der Waals surface area contributed by atoms with Gasteiger partial charge in [-0.1, -0.05) is 17.8 Å². The van der Waals surface area contributed by atoms with Crippen LogP contribution in [0.15, 0.2) is 64.4 Å². The Morgan fingerprint density at radius 1 is 1.28 bits per heavy atom. The van der Waals surface area contributed by atoms with E-state index in [9.17, 15) is 9.18 Å². The molecule has 0 spiro atoms. The van der Waals surface area contributed by atoms with E-state index in [4.69, 9.17) is 9.68 Å². The first-order valence-electron chi connectivity index (χ1n) is 7.28. The van der Waals surface area contributed by atoms with E-state index in [1.165, 1.54) is 18.3 Å². The minimum absolute atomic E-state index is 0.111. The van der Waals surface area contributed by atoms with Crippen molar-refractivity contribution < 1.29 is 13.6 Å².